The monoisotopic (exact) mass is 396 g/mol. The van der Waals surface area contributed by atoms with Crippen LogP contribution in [0.25, 0.3) is 10.2 Å². The normalized spacial score (nSPS) is 11.8. The second kappa shape index (κ2) is 8.52. The lowest BCUT2D eigenvalue weighted by molar-refractivity contribution is -0.143. The first kappa shape index (κ1) is 20.0. The second-order valence-electron chi connectivity index (χ2n) is 6.88. The van der Waals surface area contributed by atoms with Gasteiger partial charge in [-0.1, -0.05) is 47.2 Å². The smallest absolute Gasteiger partial charge is 0.326 e. The minimum Gasteiger partial charge on any atom is -0.465 e. The highest BCUT2D eigenvalue weighted by Gasteiger charge is 2.14. The van der Waals surface area contributed by atoms with Crippen LogP contribution in [0.2, 0.25) is 0 Å². The molecule has 3 aromatic rings. The van der Waals surface area contributed by atoms with Gasteiger partial charge >= 0.3 is 5.97 Å². The van der Waals surface area contributed by atoms with Crippen LogP contribution in [0, 0.1) is 20.8 Å². The maximum Gasteiger partial charge on any atom is 0.326 e. The van der Waals surface area contributed by atoms with Gasteiger partial charge in [-0.05, 0) is 50.5 Å². The maximum absolute atomic E-state index is 12.6. The highest BCUT2D eigenvalue weighted by molar-refractivity contribution is 7.16. The Hall–Kier alpha value is -2.73. The van der Waals surface area contributed by atoms with E-state index in [4.69, 9.17) is 4.74 Å². The summed E-state index contributed by atoms with van der Waals surface area (Å²) in [6, 6.07) is 11.9. The summed E-state index contributed by atoms with van der Waals surface area (Å²) in [6.45, 7) is 8.16. The molecule has 0 aliphatic heterocycles. The molecule has 5 nitrogen and oxygen atoms in total. The van der Waals surface area contributed by atoms with Gasteiger partial charge in [0.15, 0.2) is 4.80 Å². The number of fused-ring (bicyclic) bond motifs is 1. The lowest BCUT2D eigenvalue weighted by atomic mass is 10.1. The Labute approximate surface area is 168 Å². The number of carbonyl (C=O) groups is 2. The zero-order valence-corrected chi connectivity index (χ0v) is 17.4. The van der Waals surface area contributed by atoms with Crippen molar-refractivity contribution in [1.82, 2.24) is 4.57 Å². The molecule has 6 heteroatoms. The number of benzene rings is 2. The van der Waals surface area contributed by atoms with Crippen LogP contribution in [0.4, 0.5) is 0 Å². The van der Waals surface area contributed by atoms with Gasteiger partial charge in [0.25, 0.3) is 5.91 Å². The fourth-order valence-electron chi connectivity index (χ4n) is 3.23. The molecule has 1 aromatic heterocycles. The number of thiazole rings is 1. The van der Waals surface area contributed by atoms with E-state index in [9.17, 15) is 9.59 Å². The van der Waals surface area contributed by atoms with Gasteiger partial charge in [-0.2, -0.15) is 4.99 Å². The van der Waals surface area contributed by atoms with Crippen LogP contribution in [-0.4, -0.2) is 23.1 Å². The SMILES string of the molecule is CCOC(=O)Cn1c(=NC(=O)Cc2cccc(C)c2)sc2c(C)cc(C)cc21. The molecule has 0 bridgehead atoms. The van der Waals surface area contributed by atoms with Crippen molar-refractivity contribution >= 4 is 33.4 Å². The molecule has 0 aliphatic rings. The Kier molecular flexibility index (Phi) is 6.09. The van der Waals surface area contributed by atoms with E-state index in [1.807, 2.05) is 51.1 Å². The molecular formula is C22H24N2O3S. The lowest BCUT2D eigenvalue weighted by Gasteiger charge is -2.06. The molecule has 0 N–H and O–H groups in total. The predicted molar refractivity (Wildman–Crippen MR) is 111 cm³/mol. The lowest BCUT2D eigenvalue weighted by Crippen LogP contribution is -2.23. The fourth-order valence-corrected chi connectivity index (χ4v) is 4.33. The van der Waals surface area contributed by atoms with Crippen molar-refractivity contribution in [3.8, 4) is 0 Å². The van der Waals surface area contributed by atoms with Gasteiger partial charge in [0, 0.05) is 0 Å². The molecule has 0 aliphatic carbocycles. The molecule has 0 unspecified atom stereocenters. The van der Waals surface area contributed by atoms with Crippen molar-refractivity contribution in [1.29, 1.82) is 0 Å². The molecule has 0 fully saturated rings. The van der Waals surface area contributed by atoms with Crippen molar-refractivity contribution in [3.05, 3.63) is 63.5 Å². The Morgan fingerprint density at radius 2 is 1.89 bits per heavy atom. The molecule has 0 atom stereocenters. The van der Waals surface area contributed by atoms with E-state index in [0.29, 0.717) is 11.4 Å². The molecule has 3 rings (SSSR count). The van der Waals surface area contributed by atoms with Crippen LogP contribution in [-0.2, 0) is 27.3 Å². The average molecular weight is 397 g/mol. The van der Waals surface area contributed by atoms with Crippen molar-refractivity contribution in [2.75, 3.05) is 6.61 Å². The van der Waals surface area contributed by atoms with Crippen molar-refractivity contribution in [3.63, 3.8) is 0 Å². The van der Waals surface area contributed by atoms with E-state index in [0.717, 1.165) is 32.5 Å². The maximum atomic E-state index is 12.6. The number of hydrogen-bond acceptors (Lipinski definition) is 4. The van der Waals surface area contributed by atoms with Crippen LogP contribution < -0.4 is 4.80 Å². The summed E-state index contributed by atoms with van der Waals surface area (Å²) in [5.74, 6) is -0.571. The molecular weight excluding hydrogens is 372 g/mol. The Morgan fingerprint density at radius 3 is 2.61 bits per heavy atom. The second-order valence-corrected chi connectivity index (χ2v) is 7.85. The fraction of sp³-hybridized carbons (Fsp3) is 0.318. The number of carbonyl (C=O) groups excluding carboxylic acids is 2. The predicted octanol–water partition coefficient (Wildman–Crippen LogP) is 3.86. The van der Waals surface area contributed by atoms with E-state index >= 15 is 0 Å². The van der Waals surface area contributed by atoms with Gasteiger partial charge in [-0.25, -0.2) is 0 Å². The molecule has 146 valence electrons. The highest BCUT2D eigenvalue weighted by atomic mass is 32.1. The van der Waals surface area contributed by atoms with Gasteiger partial charge in [-0.3, -0.25) is 9.59 Å². The molecule has 2 aromatic carbocycles. The number of aryl methyl sites for hydroxylation is 3. The number of esters is 1. The van der Waals surface area contributed by atoms with Crippen molar-refractivity contribution in [2.45, 2.75) is 40.7 Å². The summed E-state index contributed by atoms with van der Waals surface area (Å²) in [7, 11) is 0. The summed E-state index contributed by atoms with van der Waals surface area (Å²) in [5, 5.41) is 0. The summed E-state index contributed by atoms with van der Waals surface area (Å²) < 4.78 is 7.92. The van der Waals surface area contributed by atoms with Gasteiger partial charge in [0.05, 0.1) is 23.2 Å². The molecule has 1 heterocycles. The Bertz CT molecular complexity index is 1110. The van der Waals surface area contributed by atoms with Gasteiger partial charge < -0.3 is 9.30 Å². The van der Waals surface area contributed by atoms with E-state index in [1.54, 1.807) is 11.5 Å². The zero-order valence-electron chi connectivity index (χ0n) is 16.6. The van der Waals surface area contributed by atoms with Gasteiger partial charge in [0.1, 0.15) is 6.54 Å². The summed E-state index contributed by atoms with van der Waals surface area (Å²) in [4.78, 5) is 29.6. The van der Waals surface area contributed by atoms with Crippen LogP contribution >= 0.6 is 11.3 Å². The standard InChI is InChI=1S/C22H24N2O3S/c1-5-27-20(26)13-24-18-11-15(3)9-16(4)21(18)28-22(24)23-19(25)12-17-8-6-7-14(2)10-17/h6-11H,5,12-13H2,1-4H3. The van der Waals surface area contributed by atoms with Crippen LogP contribution in [0.15, 0.2) is 41.4 Å². The largest absolute Gasteiger partial charge is 0.465 e. The van der Waals surface area contributed by atoms with Crippen molar-refractivity contribution < 1.29 is 14.3 Å². The van der Waals surface area contributed by atoms with E-state index in [-0.39, 0.29) is 24.8 Å². The first-order valence-corrected chi connectivity index (χ1v) is 10.1. The molecule has 0 saturated carbocycles. The third-order valence-corrected chi connectivity index (χ3v) is 5.59. The van der Waals surface area contributed by atoms with Crippen LogP contribution in [0.5, 0.6) is 0 Å². The number of aromatic nitrogens is 1. The Morgan fingerprint density at radius 1 is 1.11 bits per heavy atom. The zero-order chi connectivity index (χ0) is 20.3. The topological polar surface area (TPSA) is 60.7 Å². The first-order valence-electron chi connectivity index (χ1n) is 9.26. The Balaban J connectivity index is 2.05. The highest BCUT2D eigenvalue weighted by Crippen LogP contribution is 2.23. The van der Waals surface area contributed by atoms with E-state index < -0.39 is 0 Å². The third kappa shape index (κ3) is 4.57. The van der Waals surface area contributed by atoms with Gasteiger partial charge in [0.2, 0.25) is 0 Å². The number of nitrogens with zero attached hydrogens (tertiary/aromatic N) is 2. The van der Waals surface area contributed by atoms with E-state index in [1.165, 1.54) is 11.3 Å². The molecule has 0 saturated heterocycles. The molecule has 28 heavy (non-hydrogen) atoms. The van der Waals surface area contributed by atoms with Crippen LogP contribution in [0.1, 0.15) is 29.2 Å². The summed E-state index contributed by atoms with van der Waals surface area (Å²) >= 11 is 1.43. The minimum atomic E-state index is -0.339. The quantitative estimate of drug-likeness (QED) is 0.615. The number of amides is 1. The average Bonchev–Trinajstić information content (AvgIpc) is 2.93. The molecule has 0 spiro atoms. The van der Waals surface area contributed by atoms with Crippen molar-refractivity contribution in [2.24, 2.45) is 4.99 Å². The van der Waals surface area contributed by atoms with E-state index in [2.05, 4.69) is 11.1 Å². The molecule has 1 amide bonds. The van der Waals surface area contributed by atoms with Gasteiger partial charge in [-0.15, -0.1) is 0 Å². The summed E-state index contributed by atoms with van der Waals surface area (Å²) in [5.41, 5.74) is 5.13. The minimum absolute atomic E-state index is 0.0350. The first-order chi connectivity index (χ1) is 13.4. The summed E-state index contributed by atoms with van der Waals surface area (Å²) in [6.07, 6.45) is 0.230. The number of hydrogen-bond donors (Lipinski definition) is 0. The molecule has 0 radical (unpaired) electrons. The number of ether oxygens (including phenoxy) is 1. The third-order valence-electron chi connectivity index (χ3n) is 4.37. The number of rotatable bonds is 5. The van der Waals surface area contributed by atoms with Crippen LogP contribution in [0.3, 0.4) is 0 Å².